The van der Waals surface area contributed by atoms with E-state index in [0.29, 0.717) is 11.6 Å². The standard InChI is InChI=1S/C18H19N3O3/c1-3-11-21(13-17(22)19-16-12-14(2)24-20-16)18(23)10-9-15-7-5-4-6-8-15/h3-10,12H,1,11,13H2,2H3,(H,19,20,22)/b10-9+. The molecule has 0 aliphatic rings. The third-order valence-corrected chi connectivity index (χ3v) is 3.11. The predicted molar refractivity (Wildman–Crippen MR) is 92.1 cm³/mol. The van der Waals surface area contributed by atoms with Crippen molar-refractivity contribution in [2.45, 2.75) is 6.92 Å². The summed E-state index contributed by atoms with van der Waals surface area (Å²) in [6.07, 6.45) is 4.71. The van der Waals surface area contributed by atoms with Gasteiger partial charge in [0.1, 0.15) is 12.3 Å². The van der Waals surface area contributed by atoms with Crippen LogP contribution in [-0.2, 0) is 9.59 Å². The van der Waals surface area contributed by atoms with Crippen molar-refractivity contribution in [3.8, 4) is 0 Å². The Kier molecular flexibility index (Phi) is 6.08. The molecule has 1 heterocycles. The van der Waals surface area contributed by atoms with E-state index in [2.05, 4.69) is 17.1 Å². The van der Waals surface area contributed by atoms with Crippen molar-refractivity contribution in [2.24, 2.45) is 0 Å². The molecule has 0 saturated heterocycles. The molecular weight excluding hydrogens is 306 g/mol. The second-order valence-corrected chi connectivity index (χ2v) is 5.12. The molecule has 124 valence electrons. The normalized spacial score (nSPS) is 10.5. The van der Waals surface area contributed by atoms with E-state index < -0.39 is 0 Å². The zero-order valence-electron chi connectivity index (χ0n) is 13.4. The van der Waals surface area contributed by atoms with Crippen LogP contribution in [0.4, 0.5) is 5.82 Å². The van der Waals surface area contributed by atoms with Crippen LogP contribution in [0.5, 0.6) is 0 Å². The largest absolute Gasteiger partial charge is 0.360 e. The van der Waals surface area contributed by atoms with Crippen molar-refractivity contribution in [2.75, 3.05) is 18.4 Å². The third kappa shape index (κ3) is 5.24. The third-order valence-electron chi connectivity index (χ3n) is 3.11. The predicted octanol–water partition coefficient (Wildman–Crippen LogP) is 2.65. The number of anilines is 1. The minimum atomic E-state index is -0.355. The van der Waals surface area contributed by atoms with Crippen LogP contribution < -0.4 is 5.32 Å². The molecule has 0 aliphatic heterocycles. The summed E-state index contributed by atoms with van der Waals surface area (Å²) in [5.74, 6) is 0.287. The lowest BCUT2D eigenvalue weighted by molar-refractivity contribution is -0.130. The van der Waals surface area contributed by atoms with Crippen LogP contribution in [0, 0.1) is 6.92 Å². The smallest absolute Gasteiger partial charge is 0.247 e. The number of benzene rings is 1. The van der Waals surface area contributed by atoms with Crippen LogP contribution in [-0.4, -0.2) is 35.0 Å². The number of carbonyl (C=O) groups is 2. The lowest BCUT2D eigenvalue weighted by atomic mass is 10.2. The van der Waals surface area contributed by atoms with Gasteiger partial charge in [0.05, 0.1) is 0 Å². The van der Waals surface area contributed by atoms with Crippen LogP contribution in [0.3, 0.4) is 0 Å². The van der Waals surface area contributed by atoms with Gasteiger partial charge in [0.2, 0.25) is 11.8 Å². The molecule has 24 heavy (non-hydrogen) atoms. The summed E-state index contributed by atoms with van der Waals surface area (Å²) in [6.45, 7) is 5.51. The Bertz CT molecular complexity index is 735. The molecule has 1 N–H and O–H groups in total. The highest BCUT2D eigenvalue weighted by atomic mass is 16.5. The summed E-state index contributed by atoms with van der Waals surface area (Å²) >= 11 is 0. The molecule has 1 aromatic heterocycles. The number of hydrogen-bond acceptors (Lipinski definition) is 4. The first-order chi connectivity index (χ1) is 11.6. The van der Waals surface area contributed by atoms with Crippen LogP contribution in [0.1, 0.15) is 11.3 Å². The van der Waals surface area contributed by atoms with Gasteiger partial charge in [0.25, 0.3) is 0 Å². The SMILES string of the molecule is C=CCN(CC(=O)Nc1cc(C)on1)C(=O)/C=C/c1ccccc1. The van der Waals surface area contributed by atoms with Crippen molar-refractivity contribution in [3.63, 3.8) is 0 Å². The highest BCUT2D eigenvalue weighted by Gasteiger charge is 2.15. The van der Waals surface area contributed by atoms with Crippen molar-refractivity contribution in [3.05, 3.63) is 66.5 Å². The number of amides is 2. The Balaban J connectivity index is 1.97. The quantitative estimate of drug-likeness (QED) is 0.627. The molecule has 0 bridgehead atoms. The van der Waals surface area contributed by atoms with Gasteiger partial charge in [-0.1, -0.05) is 41.6 Å². The second kappa shape index (κ2) is 8.47. The summed E-state index contributed by atoms with van der Waals surface area (Å²) in [6, 6.07) is 11.1. The van der Waals surface area contributed by atoms with Gasteiger partial charge < -0.3 is 14.7 Å². The molecule has 6 nitrogen and oxygen atoms in total. The number of aryl methyl sites for hydroxylation is 1. The van der Waals surface area contributed by atoms with E-state index in [0.717, 1.165) is 5.56 Å². The Morgan fingerprint density at radius 1 is 1.33 bits per heavy atom. The van der Waals surface area contributed by atoms with E-state index in [9.17, 15) is 9.59 Å². The lowest BCUT2D eigenvalue weighted by Gasteiger charge is -2.18. The number of hydrogen-bond donors (Lipinski definition) is 1. The molecule has 0 atom stereocenters. The van der Waals surface area contributed by atoms with Crippen molar-refractivity contribution in [1.29, 1.82) is 0 Å². The van der Waals surface area contributed by atoms with Gasteiger partial charge in [-0.05, 0) is 18.6 Å². The topological polar surface area (TPSA) is 75.4 Å². The summed E-state index contributed by atoms with van der Waals surface area (Å²) in [4.78, 5) is 25.7. The van der Waals surface area contributed by atoms with E-state index in [-0.39, 0.29) is 24.9 Å². The number of nitrogens with one attached hydrogen (secondary N) is 1. The van der Waals surface area contributed by atoms with Gasteiger partial charge >= 0.3 is 0 Å². The Labute approximate surface area is 140 Å². The van der Waals surface area contributed by atoms with Gasteiger partial charge in [0.15, 0.2) is 5.82 Å². The average molecular weight is 325 g/mol. The molecule has 2 amide bonds. The number of rotatable bonds is 7. The fourth-order valence-corrected chi connectivity index (χ4v) is 2.01. The van der Waals surface area contributed by atoms with E-state index in [1.54, 1.807) is 25.1 Å². The minimum absolute atomic E-state index is 0.101. The number of carbonyl (C=O) groups excluding carboxylic acids is 2. The fraction of sp³-hybridized carbons (Fsp3) is 0.167. The highest BCUT2D eigenvalue weighted by molar-refractivity contribution is 5.97. The van der Waals surface area contributed by atoms with Crippen LogP contribution >= 0.6 is 0 Å². The molecule has 1 aromatic carbocycles. The van der Waals surface area contributed by atoms with Gasteiger partial charge in [-0.25, -0.2) is 0 Å². The molecule has 2 aromatic rings. The van der Waals surface area contributed by atoms with E-state index in [4.69, 9.17) is 4.52 Å². The minimum Gasteiger partial charge on any atom is -0.360 e. The first-order valence-corrected chi connectivity index (χ1v) is 7.44. The Morgan fingerprint density at radius 3 is 2.71 bits per heavy atom. The molecule has 2 rings (SSSR count). The first kappa shape index (κ1) is 17.2. The summed E-state index contributed by atoms with van der Waals surface area (Å²) < 4.78 is 4.88. The lowest BCUT2D eigenvalue weighted by Crippen LogP contribution is -2.37. The molecule has 0 unspecified atom stereocenters. The molecule has 0 aliphatic carbocycles. The maximum absolute atomic E-state index is 12.3. The van der Waals surface area contributed by atoms with Crippen LogP contribution in [0.25, 0.3) is 6.08 Å². The fourth-order valence-electron chi connectivity index (χ4n) is 2.01. The van der Waals surface area contributed by atoms with Gasteiger partial charge in [-0.15, -0.1) is 6.58 Å². The van der Waals surface area contributed by atoms with Crippen LogP contribution in [0.2, 0.25) is 0 Å². The van der Waals surface area contributed by atoms with Crippen molar-refractivity contribution in [1.82, 2.24) is 10.1 Å². The molecule has 0 saturated carbocycles. The van der Waals surface area contributed by atoms with Gasteiger partial charge in [0, 0.05) is 18.7 Å². The van der Waals surface area contributed by atoms with Crippen molar-refractivity contribution < 1.29 is 14.1 Å². The first-order valence-electron chi connectivity index (χ1n) is 7.44. The van der Waals surface area contributed by atoms with Crippen molar-refractivity contribution >= 4 is 23.7 Å². The monoisotopic (exact) mass is 325 g/mol. The summed E-state index contributed by atoms with van der Waals surface area (Å²) in [5.41, 5.74) is 0.909. The zero-order chi connectivity index (χ0) is 17.4. The molecule has 0 spiro atoms. The van der Waals surface area contributed by atoms with Crippen LogP contribution in [0.15, 0.2) is 59.7 Å². The van der Waals surface area contributed by atoms with E-state index in [1.165, 1.54) is 11.0 Å². The Morgan fingerprint density at radius 2 is 2.08 bits per heavy atom. The molecular formula is C18H19N3O3. The summed E-state index contributed by atoms with van der Waals surface area (Å²) in [5, 5.41) is 6.27. The second-order valence-electron chi connectivity index (χ2n) is 5.12. The highest BCUT2D eigenvalue weighted by Crippen LogP contribution is 2.07. The van der Waals surface area contributed by atoms with E-state index in [1.807, 2.05) is 30.3 Å². The molecule has 6 heteroatoms. The van der Waals surface area contributed by atoms with Gasteiger partial charge in [-0.3, -0.25) is 9.59 Å². The maximum Gasteiger partial charge on any atom is 0.247 e. The summed E-state index contributed by atoms with van der Waals surface area (Å²) in [7, 11) is 0. The molecule has 0 fully saturated rings. The zero-order valence-corrected chi connectivity index (χ0v) is 13.4. The molecule has 0 radical (unpaired) electrons. The number of aromatic nitrogens is 1. The maximum atomic E-state index is 12.3. The number of nitrogens with zero attached hydrogens (tertiary/aromatic N) is 2. The Hall–Kier alpha value is -3.15. The van der Waals surface area contributed by atoms with E-state index >= 15 is 0 Å². The average Bonchev–Trinajstić information content (AvgIpc) is 2.98. The van der Waals surface area contributed by atoms with Gasteiger partial charge in [-0.2, -0.15) is 0 Å².